The number of rotatable bonds is 6. The zero-order valence-corrected chi connectivity index (χ0v) is 19.6. The van der Waals surface area contributed by atoms with E-state index < -0.39 is 23.6 Å². The summed E-state index contributed by atoms with van der Waals surface area (Å²) >= 11 is 1.23. The molecule has 4 aromatic rings. The van der Waals surface area contributed by atoms with E-state index in [0.29, 0.717) is 27.0 Å². The van der Waals surface area contributed by atoms with Gasteiger partial charge in [-0.3, -0.25) is 4.79 Å². The third kappa shape index (κ3) is 5.94. The highest BCUT2D eigenvalue weighted by Gasteiger charge is 2.30. The summed E-state index contributed by atoms with van der Waals surface area (Å²) in [7, 11) is 0. The molecule has 0 saturated heterocycles. The quantitative estimate of drug-likeness (QED) is 0.211. The number of urea groups is 1. The number of benzene rings is 2. The Morgan fingerprint density at radius 2 is 1.62 bits per heavy atom. The van der Waals surface area contributed by atoms with Crippen LogP contribution in [0.4, 0.5) is 50.4 Å². The van der Waals surface area contributed by atoms with E-state index in [-0.39, 0.29) is 23.2 Å². The number of halogens is 4. The molecule has 2 aromatic carbocycles. The van der Waals surface area contributed by atoms with E-state index in [2.05, 4.69) is 31.2 Å². The Kier molecular flexibility index (Phi) is 6.38. The summed E-state index contributed by atoms with van der Waals surface area (Å²) < 4.78 is 52.4. The summed E-state index contributed by atoms with van der Waals surface area (Å²) in [6.45, 7) is 0. The molecule has 2 aromatic heterocycles. The van der Waals surface area contributed by atoms with E-state index in [1.807, 2.05) is 0 Å². The van der Waals surface area contributed by atoms with Crippen molar-refractivity contribution in [1.29, 1.82) is 0 Å². The standard InChI is InChI=1S/C24H18F4N6O2S/c25-16-8-7-15(11-18(16)31-22(36)30-14-5-3-13(4-6-14)24(26,27)28)29-19-10-9-17-21(33-19)37-23(32-17)34-20(35)12-1-2-12/h3-12H,1-2H2,(H,29,33)(H2,30,31,36)(H,32,34,35). The molecule has 13 heteroatoms. The van der Waals surface area contributed by atoms with Crippen LogP contribution < -0.4 is 21.3 Å². The molecular weight excluding hydrogens is 512 g/mol. The molecular formula is C24H18F4N6O2S. The molecule has 1 aliphatic rings. The fraction of sp³-hybridized carbons (Fsp3) is 0.167. The highest BCUT2D eigenvalue weighted by atomic mass is 32.1. The van der Waals surface area contributed by atoms with Crippen molar-refractivity contribution in [2.24, 2.45) is 5.92 Å². The summed E-state index contributed by atoms with van der Waals surface area (Å²) in [4.78, 5) is 33.7. The second-order valence-corrected chi connectivity index (χ2v) is 9.25. The average Bonchev–Trinajstić information content (AvgIpc) is 3.62. The van der Waals surface area contributed by atoms with Crippen molar-refractivity contribution >= 4 is 61.6 Å². The van der Waals surface area contributed by atoms with Crippen LogP contribution in [0.2, 0.25) is 0 Å². The Morgan fingerprint density at radius 3 is 2.32 bits per heavy atom. The van der Waals surface area contributed by atoms with Gasteiger partial charge in [0.1, 0.15) is 22.0 Å². The molecule has 0 spiro atoms. The molecule has 3 amide bonds. The second-order valence-electron chi connectivity index (χ2n) is 8.28. The number of anilines is 5. The Morgan fingerprint density at radius 1 is 0.892 bits per heavy atom. The van der Waals surface area contributed by atoms with Crippen LogP contribution in [0.15, 0.2) is 54.6 Å². The summed E-state index contributed by atoms with van der Waals surface area (Å²) in [6, 6.07) is 10.4. The van der Waals surface area contributed by atoms with E-state index >= 15 is 0 Å². The molecule has 0 radical (unpaired) electrons. The third-order valence-electron chi connectivity index (χ3n) is 5.39. The van der Waals surface area contributed by atoms with Gasteiger partial charge in [-0.1, -0.05) is 11.3 Å². The van der Waals surface area contributed by atoms with Gasteiger partial charge in [-0.2, -0.15) is 13.2 Å². The molecule has 1 aliphatic carbocycles. The van der Waals surface area contributed by atoms with Gasteiger partial charge < -0.3 is 21.3 Å². The maximum absolute atomic E-state index is 14.3. The molecule has 0 unspecified atom stereocenters. The van der Waals surface area contributed by atoms with Gasteiger partial charge in [-0.05, 0) is 67.4 Å². The van der Waals surface area contributed by atoms with E-state index in [4.69, 9.17) is 0 Å². The number of hydrogen-bond donors (Lipinski definition) is 4. The number of thiazole rings is 1. The first kappa shape index (κ1) is 24.4. The van der Waals surface area contributed by atoms with Gasteiger partial charge >= 0.3 is 12.2 Å². The first-order chi connectivity index (χ1) is 17.6. The van der Waals surface area contributed by atoms with Gasteiger partial charge in [0.05, 0.1) is 11.3 Å². The average molecular weight is 531 g/mol. The van der Waals surface area contributed by atoms with Crippen molar-refractivity contribution in [2.75, 3.05) is 21.3 Å². The lowest BCUT2D eigenvalue weighted by molar-refractivity contribution is -0.137. The molecule has 190 valence electrons. The van der Waals surface area contributed by atoms with Crippen molar-refractivity contribution in [3.8, 4) is 0 Å². The molecule has 0 atom stereocenters. The minimum absolute atomic E-state index is 0.0499. The van der Waals surface area contributed by atoms with Crippen LogP contribution in [0.3, 0.4) is 0 Å². The van der Waals surface area contributed by atoms with Crippen LogP contribution in [-0.4, -0.2) is 21.9 Å². The molecule has 37 heavy (non-hydrogen) atoms. The minimum Gasteiger partial charge on any atom is -0.340 e. The first-order valence-electron chi connectivity index (χ1n) is 11.0. The minimum atomic E-state index is -4.50. The lowest BCUT2D eigenvalue weighted by Gasteiger charge is -2.12. The molecule has 1 saturated carbocycles. The van der Waals surface area contributed by atoms with Gasteiger partial charge in [-0.25, -0.2) is 19.2 Å². The number of amides is 3. The lowest BCUT2D eigenvalue weighted by Crippen LogP contribution is -2.20. The number of fused-ring (bicyclic) bond motifs is 1. The maximum atomic E-state index is 14.3. The number of carbonyl (C=O) groups excluding carboxylic acids is 2. The lowest BCUT2D eigenvalue weighted by atomic mass is 10.2. The normalized spacial score (nSPS) is 13.3. The molecule has 5 rings (SSSR count). The monoisotopic (exact) mass is 530 g/mol. The van der Waals surface area contributed by atoms with Crippen LogP contribution in [0, 0.1) is 11.7 Å². The molecule has 1 fully saturated rings. The molecule has 0 aliphatic heterocycles. The third-order valence-corrected chi connectivity index (χ3v) is 6.27. The zero-order valence-electron chi connectivity index (χ0n) is 18.8. The van der Waals surface area contributed by atoms with Gasteiger partial charge in [-0.15, -0.1) is 0 Å². The Bertz CT molecular complexity index is 1490. The van der Waals surface area contributed by atoms with Crippen LogP contribution >= 0.6 is 11.3 Å². The molecule has 2 heterocycles. The first-order valence-corrected chi connectivity index (χ1v) is 11.9. The fourth-order valence-electron chi connectivity index (χ4n) is 3.37. The Labute approximate surface area is 211 Å². The van der Waals surface area contributed by atoms with Crippen LogP contribution in [0.25, 0.3) is 10.3 Å². The summed E-state index contributed by atoms with van der Waals surface area (Å²) in [6.07, 6.45) is -2.73. The van der Waals surface area contributed by atoms with E-state index in [1.165, 1.54) is 23.5 Å². The maximum Gasteiger partial charge on any atom is 0.416 e. The van der Waals surface area contributed by atoms with E-state index in [0.717, 1.165) is 43.2 Å². The molecule has 0 bridgehead atoms. The number of alkyl halides is 3. The van der Waals surface area contributed by atoms with Gasteiger partial charge in [0.15, 0.2) is 5.13 Å². The number of pyridine rings is 1. The van der Waals surface area contributed by atoms with Crippen molar-refractivity contribution in [1.82, 2.24) is 9.97 Å². The Balaban J connectivity index is 1.25. The van der Waals surface area contributed by atoms with E-state index in [1.54, 1.807) is 12.1 Å². The largest absolute Gasteiger partial charge is 0.416 e. The summed E-state index contributed by atoms with van der Waals surface area (Å²) in [5, 5.41) is 11.0. The van der Waals surface area contributed by atoms with Gasteiger partial charge in [0.25, 0.3) is 0 Å². The zero-order chi connectivity index (χ0) is 26.2. The number of hydrogen-bond acceptors (Lipinski definition) is 6. The molecule has 4 N–H and O–H groups in total. The predicted octanol–water partition coefficient (Wildman–Crippen LogP) is 6.59. The fourth-order valence-corrected chi connectivity index (χ4v) is 4.21. The highest BCUT2D eigenvalue weighted by molar-refractivity contribution is 7.22. The van der Waals surface area contributed by atoms with Crippen molar-refractivity contribution in [3.05, 3.63) is 66.0 Å². The SMILES string of the molecule is O=C(Nc1ccc(C(F)(F)F)cc1)Nc1cc(Nc2ccc3nc(NC(=O)C4CC4)sc3n2)ccc1F. The van der Waals surface area contributed by atoms with Gasteiger partial charge in [0, 0.05) is 17.3 Å². The van der Waals surface area contributed by atoms with E-state index in [9.17, 15) is 27.2 Å². The topological polar surface area (TPSA) is 108 Å². The highest BCUT2D eigenvalue weighted by Crippen LogP contribution is 2.33. The number of carbonyl (C=O) groups is 2. The van der Waals surface area contributed by atoms with Crippen molar-refractivity contribution < 1.29 is 27.2 Å². The number of nitrogens with one attached hydrogen (secondary N) is 4. The van der Waals surface area contributed by atoms with Crippen molar-refractivity contribution in [2.45, 2.75) is 19.0 Å². The number of aromatic nitrogens is 2. The van der Waals surface area contributed by atoms with Crippen LogP contribution in [0.1, 0.15) is 18.4 Å². The summed E-state index contributed by atoms with van der Waals surface area (Å²) in [5.41, 5.74) is 0.133. The smallest absolute Gasteiger partial charge is 0.340 e. The second kappa shape index (κ2) is 9.65. The molecule has 8 nitrogen and oxygen atoms in total. The van der Waals surface area contributed by atoms with Crippen LogP contribution in [-0.2, 0) is 11.0 Å². The Hall–Kier alpha value is -4.26. The van der Waals surface area contributed by atoms with Crippen molar-refractivity contribution in [3.63, 3.8) is 0 Å². The van der Waals surface area contributed by atoms with Crippen LogP contribution in [0.5, 0.6) is 0 Å². The van der Waals surface area contributed by atoms with Gasteiger partial charge in [0.2, 0.25) is 5.91 Å². The number of nitrogens with zero attached hydrogens (tertiary/aromatic N) is 2. The predicted molar refractivity (Wildman–Crippen MR) is 133 cm³/mol. The summed E-state index contributed by atoms with van der Waals surface area (Å²) in [5.74, 6) is -0.278.